The van der Waals surface area contributed by atoms with Gasteiger partial charge in [-0.05, 0) is 31.6 Å². The highest BCUT2D eigenvalue weighted by molar-refractivity contribution is 4.67. The van der Waals surface area contributed by atoms with Crippen molar-refractivity contribution in [3.8, 4) is 0 Å². The summed E-state index contributed by atoms with van der Waals surface area (Å²) in [6, 6.07) is 0. The second kappa shape index (κ2) is 2.49. The third-order valence-electron chi connectivity index (χ3n) is 1.99. The first-order chi connectivity index (χ1) is 3.79. The maximum Gasteiger partial charge on any atom is 0.0540 e. The van der Waals surface area contributed by atoms with E-state index in [0.29, 0.717) is 0 Å². The first-order valence-electron chi connectivity index (χ1n) is 3.47. The molecule has 0 atom stereocenters. The van der Waals surface area contributed by atoms with Crippen molar-refractivity contribution in [3.05, 3.63) is 0 Å². The monoisotopic (exact) mass is 114 g/mol. The predicted molar refractivity (Wildman–Crippen MR) is 33.6 cm³/mol. The summed E-state index contributed by atoms with van der Waals surface area (Å²) >= 11 is 0. The fourth-order valence-corrected chi connectivity index (χ4v) is 1.24. The van der Waals surface area contributed by atoms with Gasteiger partial charge in [-0.25, -0.2) is 0 Å². The van der Waals surface area contributed by atoms with Crippen LogP contribution in [0.4, 0.5) is 0 Å². The van der Waals surface area contributed by atoms with E-state index in [0.717, 1.165) is 18.8 Å². The van der Waals surface area contributed by atoms with Crippen LogP contribution < -0.4 is 0 Å². The van der Waals surface area contributed by atoms with Crippen molar-refractivity contribution in [1.82, 2.24) is 0 Å². The van der Waals surface area contributed by atoms with Crippen LogP contribution in [-0.2, 0) is 0 Å². The van der Waals surface area contributed by atoms with Gasteiger partial charge in [0.25, 0.3) is 0 Å². The lowest BCUT2D eigenvalue weighted by Crippen LogP contribution is -2.15. The number of hydrogen-bond acceptors (Lipinski definition) is 1. The maximum absolute atomic E-state index is 9.03. The average Bonchev–Trinajstić information content (AvgIpc) is 1.77. The molecule has 1 aliphatic rings. The molecule has 1 N–H and O–H groups in total. The standard InChI is InChI=1S/C7H14O/c1-6-2-4-7(8)5-3-6/h6-8H,2-5H2,1H3. The number of aliphatic hydroxyl groups is 1. The van der Waals surface area contributed by atoms with Gasteiger partial charge in [-0.15, -0.1) is 0 Å². The van der Waals surface area contributed by atoms with Gasteiger partial charge in [0.2, 0.25) is 0 Å². The zero-order valence-corrected chi connectivity index (χ0v) is 5.43. The highest BCUT2D eigenvalue weighted by Crippen LogP contribution is 2.22. The first-order valence-corrected chi connectivity index (χ1v) is 3.47. The molecule has 1 aliphatic carbocycles. The molecule has 1 rings (SSSR count). The Labute approximate surface area is 50.7 Å². The third-order valence-corrected chi connectivity index (χ3v) is 1.99. The topological polar surface area (TPSA) is 20.2 Å². The lowest BCUT2D eigenvalue weighted by atomic mass is 9.89. The van der Waals surface area contributed by atoms with E-state index in [1.807, 2.05) is 0 Å². The summed E-state index contributed by atoms with van der Waals surface area (Å²) in [4.78, 5) is 0. The molecule has 8 heavy (non-hydrogen) atoms. The lowest BCUT2D eigenvalue weighted by Gasteiger charge is -2.21. The summed E-state index contributed by atoms with van der Waals surface area (Å²) in [7, 11) is 0. The molecule has 1 saturated carbocycles. The second-order valence-corrected chi connectivity index (χ2v) is 2.91. The van der Waals surface area contributed by atoms with Gasteiger partial charge < -0.3 is 5.11 Å². The average molecular weight is 114 g/mol. The molecule has 1 nitrogen and oxygen atoms in total. The zero-order chi connectivity index (χ0) is 5.98. The van der Waals surface area contributed by atoms with E-state index in [9.17, 15) is 0 Å². The fourth-order valence-electron chi connectivity index (χ4n) is 1.24. The minimum Gasteiger partial charge on any atom is -0.393 e. The van der Waals surface area contributed by atoms with Crippen LogP contribution in [0.2, 0.25) is 0 Å². The van der Waals surface area contributed by atoms with Crippen molar-refractivity contribution >= 4 is 0 Å². The maximum atomic E-state index is 9.03. The van der Waals surface area contributed by atoms with E-state index >= 15 is 0 Å². The summed E-state index contributed by atoms with van der Waals surface area (Å²) in [6.45, 7) is 2.26. The van der Waals surface area contributed by atoms with E-state index in [1.165, 1.54) is 12.8 Å². The van der Waals surface area contributed by atoms with Crippen LogP contribution in [-0.4, -0.2) is 11.2 Å². The van der Waals surface area contributed by atoms with E-state index in [2.05, 4.69) is 6.92 Å². The second-order valence-electron chi connectivity index (χ2n) is 2.91. The van der Waals surface area contributed by atoms with E-state index in [4.69, 9.17) is 5.11 Å². The molecular formula is C7H14O. The largest absolute Gasteiger partial charge is 0.393 e. The van der Waals surface area contributed by atoms with Crippen molar-refractivity contribution in [2.75, 3.05) is 0 Å². The smallest absolute Gasteiger partial charge is 0.0540 e. The Bertz CT molecular complexity index is 52.8. The number of rotatable bonds is 0. The molecule has 0 amide bonds. The molecule has 0 radical (unpaired) electrons. The van der Waals surface area contributed by atoms with Gasteiger partial charge in [-0.3, -0.25) is 0 Å². The molecule has 0 aromatic rings. The Morgan fingerprint density at radius 1 is 1.12 bits per heavy atom. The van der Waals surface area contributed by atoms with Crippen molar-refractivity contribution in [2.24, 2.45) is 5.92 Å². The highest BCUT2D eigenvalue weighted by Gasteiger charge is 2.14. The quantitative estimate of drug-likeness (QED) is 0.506. The van der Waals surface area contributed by atoms with Gasteiger partial charge in [-0.2, -0.15) is 0 Å². The van der Waals surface area contributed by atoms with Gasteiger partial charge in [0, 0.05) is 0 Å². The molecule has 0 aromatic heterocycles. The van der Waals surface area contributed by atoms with Crippen molar-refractivity contribution in [3.63, 3.8) is 0 Å². The Balaban J connectivity index is 2.19. The predicted octanol–water partition coefficient (Wildman–Crippen LogP) is 1.56. The van der Waals surface area contributed by atoms with Crippen LogP contribution in [0, 0.1) is 5.92 Å². The molecule has 0 aliphatic heterocycles. The highest BCUT2D eigenvalue weighted by atomic mass is 16.3. The molecular weight excluding hydrogens is 100 g/mol. The van der Waals surface area contributed by atoms with E-state index in [1.54, 1.807) is 0 Å². The molecule has 0 aromatic carbocycles. The fraction of sp³-hybridized carbons (Fsp3) is 1.00. The van der Waals surface area contributed by atoms with E-state index < -0.39 is 0 Å². The summed E-state index contributed by atoms with van der Waals surface area (Å²) in [5.74, 6) is 0.860. The molecule has 1 fully saturated rings. The summed E-state index contributed by atoms with van der Waals surface area (Å²) < 4.78 is 0. The molecule has 0 unspecified atom stereocenters. The van der Waals surface area contributed by atoms with Crippen molar-refractivity contribution < 1.29 is 5.11 Å². The van der Waals surface area contributed by atoms with Gasteiger partial charge >= 0.3 is 0 Å². The normalized spacial score (nSPS) is 39.8. The Morgan fingerprint density at radius 3 is 2.00 bits per heavy atom. The van der Waals surface area contributed by atoms with Crippen LogP contribution in [0.3, 0.4) is 0 Å². The molecule has 0 saturated heterocycles. The Hall–Kier alpha value is -0.0400. The van der Waals surface area contributed by atoms with Crippen LogP contribution in [0.15, 0.2) is 0 Å². The minimum atomic E-state index is 0.0196. The van der Waals surface area contributed by atoms with Gasteiger partial charge in [0.05, 0.1) is 6.10 Å². The summed E-state index contributed by atoms with van der Waals surface area (Å²) in [5.41, 5.74) is 0. The number of aliphatic hydroxyl groups excluding tert-OH is 1. The van der Waals surface area contributed by atoms with E-state index in [-0.39, 0.29) is 6.10 Å². The molecule has 0 heterocycles. The third kappa shape index (κ3) is 1.48. The molecule has 1 heteroatoms. The van der Waals surface area contributed by atoms with Gasteiger partial charge in [-0.1, -0.05) is 6.92 Å². The van der Waals surface area contributed by atoms with Gasteiger partial charge in [0.1, 0.15) is 0 Å². The van der Waals surface area contributed by atoms with Crippen LogP contribution in [0.5, 0.6) is 0 Å². The first kappa shape index (κ1) is 6.09. The molecule has 48 valence electrons. The molecule has 0 spiro atoms. The minimum absolute atomic E-state index is 0.0196. The Morgan fingerprint density at radius 2 is 1.62 bits per heavy atom. The van der Waals surface area contributed by atoms with Crippen LogP contribution in [0.25, 0.3) is 0 Å². The number of hydrogen-bond donors (Lipinski definition) is 1. The lowest BCUT2D eigenvalue weighted by molar-refractivity contribution is 0.112. The van der Waals surface area contributed by atoms with Crippen LogP contribution >= 0.6 is 0 Å². The van der Waals surface area contributed by atoms with Gasteiger partial charge in [0.15, 0.2) is 0 Å². The zero-order valence-electron chi connectivity index (χ0n) is 5.43. The SMILES string of the molecule is CC1CCC(O)CC1. The molecule has 0 bridgehead atoms. The summed E-state index contributed by atoms with van der Waals surface area (Å²) in [6.07, 6.45) is 4.52. The van der Waals surface area contributed by atoms with Crippen molar-refractivity contribution in [1.29, 1.82) is 0 Å². The Kier molecular flexibility index (Phi) is 1.90. The van der Waals surface area contributed by atoms with Crippen LogP contribution in [0.1, 0.15) is 32.6 Å². The van der Waals surface area contributed by atoms with Crippen molar-refractivity contribution in [2.45, 2.75) is 38.7 Å². The summed E-state index contributed by atoms with van der Waals surface area (Å²) in [5, 5.41) is 9.03.